The number of para-hydroxylation sites is 2. The molecule has 1 aliphatic heterocycles. The van der Waals surface area contributed by atoms with Gasteiger partial charge in [0, 0.05) is 25.4 Å². The number of hydrogen-bond donors (Lipinski definition) is 0. The highest BCUT2D eigenvalue weighted by molar-refractivity contribution is 7.18. The second-order valence-electron chi connectivity index (χ2n) is 7.33. The second-order valence-corrected chi connectivity index (χ2v) is 8.39. The summed E-state index contributed by atoms with van der Waals surface area (Å²) in [5.74, 6) is 2.08. The molecule has 0 radical (unpaired) electrons. The van der Waals surface area contributed by atoms with E-state index >= 15 is 0 Å². The van der Waals surface area contributed by atoms with E-state index in [1.54, 1.807) is 25.6 Å². The van der Waals surface area contributed by atoms with Crippen LogP contribution < -0.4 is 9.47 Å². The van der Waals surface area contributed by atoms with E-state index in [9.17, 15) is 4.79 Å². The number of carbonyl (C=O) groups excluding carboxylic acids is 1. The number of ether oxygens (including phenoxy) is 2. The van der Waals surface area contributed by atoms with E-state index in [1.807, 2.05) is 29.2 Å². The van der Waals surface area contributed by atoms with E-state index < -0.39 is 0 Å². The van der Waals surface area contributed by atoms with Crippen molar-refractivity contribution in [3.63, 3.8) is 0 Å². The van der Waals surface area contributed by atoms with Crippen LogP contribution in [0.25, 0.3) is 10.2 Å². The van der Waals surface area contributed by atoms with Crippen molar-refractivity contribution >= 4 is 27.5 Å². The first kappa shape index (κ1) is 19.7. The lowest BCUT2D eigenvalue weighted by Crippen LogP contribution is -2.38. The van der Waals surface area contributed by atoms with E-state index in [1.165, 1.54) is 9.71 Å². The highest BCUT2D eigenvalue weighted by Crippen LogP contribution is 2.34. The van der Waals surface area contributed by atoms with Crippen LogP contribution in [0.5, 0.6) is 11.5 Å². The molecule has 0 saturated carbocycles. The molecule has 3 aromatic rings. The van der Waals surface area contributed by atoms with Crippen molar-refractivity contribution in [2.24, 2.45) is 0 Å². The van der Waals surface area contributed by atoms with E-state index in [-0.39, 0.29) is 5.91 Å². The quantitative estimate of drug-likeness (QED) is 0.593. The molecule has 0 spiro atoms. The highest BCUT2D eigenvalue weighted by atomic mass is 32.1. The molecule has 1 saturated heterocycles. The normalized spacial score (nSPS) is 14.9. The molecule has 5 nitrogen and oxygen atoms in total. The topological polar surface area (TPSA) is 51.7 Å². The standard InChI is InChI=1S/C23H26N2O3S/c1-27-19-8-5-6-16(22(19)28-2)10-11-21(26)25-14-12-17(13-15-25)23-24-18-7-3-4-9-20(18)29-23/h3-9,17H,10-15H2,1-2H3. The molecule has 152 valence electrons. The van der Waals surface area contributed by atoms with Crippen LogP contribution in [0.15, 0.2) is 42.5 Å². The van der Waals surface area contributed by atoms with Gasteiger partial charge < -0.3 is 14.4 Å². The number of thiazole rings is 1. The number of likely N-dealkylation sites (tertiary alicyclic amines) is 1. The molecule has 1 amide bonds. The molecule has 4 rings (SSSR count). The molecular formula is C23H26N2O3S. The molecule has 1 aliphatic rings. The lowest BCUT2D eigenvalue weighted by molar-refractivity contribution is -0.132. The Hall–Kier alpha value is -2.60. The molecular weight excluding hydrogens is 384 g/mol. The Balaban J connectivity index is 1.33. The van der Waals surface area contributed by atoms with Gasteiger partial charge >= 0.3 is 0 Å². The van der Waals surface area contributed by atoms with Crippen molar-refractivity contribution < 1.29 is 14.3 Å². The predicted octanol–water partition coefficient (Wildman–Crippen LogP) is 4.65. The molecule has 6 heteroatoms. The first-order valence-electron chi connectivity index (χ1n) is 10.0. The number of amides is 1. The van der Waals surface area contributed by atoms with Crippen molar-refractivity contribution in [2.45, 2.75) is 31.6 Å². The van der Waals surface area contributed by atoms with Crippen molar-refractivity contribution in [2.75, 3.05) is 27.3 Å². The van der Waals surface area contributed by atoms with E-state index in [2.05, 4.69) is 18.2 Å². The SMILES string of the molecule is COc1cccc(CCC(=O)N2CCC(c3nc4ccccc4s3)CC2)c1OC. The Morgan fingerprint density at radius 3 is 2.62 bits per heavy atom. The summed E-state index contributed by atoms with van der Waals surface area (Å²) in [4.78, 5) is 19.6. The van der Waals surface area contributed by atoms with E-state index in [4.69, 9.17) is 14.5 Å². The molecule has 1 fully saturated rings. The third-order valence-corrected chi connectivity index (χ3v) is 6.80. The Bertz CT molecular complexity index is 960. The summed E-state index contributed by atoms with van der Waals surface area (Å²) in [5, 5.41) is 1.21. The van der Waals surface area contributed by atoms with Gasteiger partial charge in [0.2, 0.25) is 5.91 Å². The summed E-state index contributed by atoms with van der Waals surface area (Å²) in [7, 11) is 3.26. The third-order valence-electron chi connectivity index (χ3n) is 5.60. The fourth-order valence-electron chi connectivity index (χ4n) is 3.99. The first-order valence-corrected chi connectivity index (χ1v) is 10.8. The molecule has 0 N–H and O–H groups in total. The lowest BCUT2D eigenvalue weighted by Gasteiger charge is -2.31. The molecule has 0 unspecified atom stereocenters. The van der Waals surface area contributed by atoms with Gasteiger partial charge in [-0.3, -0.25) is 4.79 Å². The maximum Gasteiger partial charge on any atom is 0.222 e. The van der Waals surface area contributed by atoms with Gasteiger partial charge in [-0.2, -0.15) is 0 Å². The van der Waals surface area contributed by atoms with Crippen molar-refractivity contribution in [3.8, 4) is 11.5 Å². The largest absolute Gasteiger partial charge is 0.493 e. The second kappa shape index (κ2) is 8.82. The van der Waals surface area contributed by atoms with Crippen LogP contribution in [0, 0.1) is 0 Å². The Morgan fingerprint density at radius 1 is 1.10 bits per heavy atom. The number of rotatable bonds is 6. The smallest absolute Gasteiger partial charge is 0.222 e. The van der Waals surface area contributed by atoms with Crippen LogP contribution in [-0.4, -0.2) is 43.1 Å². The molecule has 0 aliphatic carbocycles. The van der Waals surface area contributed by atoms with Crippen LogP contribution in [0.1, 0.15) is 35.8 Å². The van der Waals surface area contributed by atoms with Crippen LogP contribution >= 0.6 is 11.3 Å². The monoisotopic (exact) mass is 410 g/mol. The maximum absolute atomic E-state index is 12.8. The Labute approximate surface area is 175 Å². The van der Waals surface area contributed by atoms with Gasteiger partial charge in [-0.05, 0) is 43.0 Å². The molecule has 2 heterocycles. The number of carbonyl (C=O) groups is 1. The average molecular weight is 411 g/mol. The third kappa shape index (κ3) is 4.22. The van der Waals surface area contributed by atoms with E-state index in [0.717, 1.165) is 42.8 Å². The van der Waals surface area contributed by atoms with Crippen LogP contribution in [-0.2, 0) is 11.2 Å². The molecule has 0 atom stereocenters. The number of aryl methyl sites for hydroxylation is 1. The van der Waals surface area contributed by atoms with Crippen molar-refractivity contribution in [3.05, 3.63) is 53.0 Å². The number of benzene rings is 2. The van der Waals surface area contributed by atoms with Crippen molar-refractivity contribution in [1.29, 1.82) is 0 Å². The predicted molar refractivity (Wildman–Crippen MR) is 116 cm³/mol. The maximum atomic E-state index is 12.8. The first-order chi connectivity index (χ1) is 14.2. The van der Waals surface area contributed by atoms with Gasteiger partial charge in [0.05, 0.1) is 29.4 Å². The van der Waals surface area contributed by atoms with Gasteiger partial charge in [0.15, 0.2) is 11.5 Å². The summed E-state index contributed by atoms with van der Waals surface area (Å²) in [5.41, 5.74) is 2.09. The molecule has 0 bridgehead atoms. The number of hydrogen-bond acceptors (Lipinski definition) is 5. The Morgan fingerprint density at radius 2 is 1.90 bits per heavy atom. The van der Waals surface area contributed by atoms with Gasteiger partial charge in [0.1, 0.15) is 0 Å². The summed E-state index contributed by atoms with van der Waals surface area (Å²) >= 11 is 1.79. The molecule has 2 aromatic carbocycles. The number of nitrogens with zero attached hydrogens (tertiary/aromatic N) is 2. The molecule has 1 aromatic heterocycles. The summed E-state index contributed by atoms with van der Waals surface area (Å²) in [6.45, 7) is 1.60. The fraction of sp³-hybridized carbons (Fsp3) is 0.391. The van der Waals surface area contributed by atoms with E-state index in [0.29, 0.717) is 24.5 Å². The minimum absolute atomic E-state index is 0.206. The van der Waals surface area contributed by atoms with Crippen molar-refractivity contribution in [1.82, 2.24) is 9.88 Å². The lowest BCUT2D eigenvalue weighted by atomic mass is 9.97. The van der Waals surface area contributed by atoms with Crippen LogP contribution in [0.2, 0.25) is 0 Å². The number of methoxy groups -OCH3 is 2. The highest BCUT2D eigenvalue weighted by Gasteiger charge is 2.26. The van der Waals surface area contributed by atoms with Crippen LogP contribution in [0.4, 0.5) is 0 Å². The number of piperidine rings is 1. The zero-order valence-corrected chi connectivity index (χ0v) is 17.7. The van der Waals surface area contributed by atoms with Gasteiger partial charge in [-0.1, -0.05) is 24.3 Å². The van der Waals surface area contributed by atoms with Gasteiger partial charge in [0.25, 0.3) is 0 Å². The summed E-state index contributed by atoms with van der Waals surface area (Å²) in [6.07, 6.45) is 3.09. The zero-order chi connectivity index (χ0) is 20.2. The van der Waals surface area contributed by atoms with Gasteiger partial charge in [-0.15, -0.1) is 11.3 Å². The van der Waals surface area contributed by atoms with Crippen LogP contribution in [0.3, 0.4) is 0 Å². The van der Waals surface area contributed by atoms with Gasteiger partial charge in [-0.25, -0.2) is 4.98 Å². The summed E-state index contributed by atoms with van der Waals surface area (Å²) in [6, 6.07) is 14.1. The minimum atomic E-state index is 0.206. The zero-order valence-electron chi connectivity index (χ0n) is 16.9. The average Bonchev–Trinajstić information content (AvgIpc) is 3.21. The number of fused-ring (bicyclic) bond motifs is 1. The number of aromatic nitrogens is 1. The molecule has 29 heavy (non-hydrogen) atoms. The fourth-order valence-corrected chi connectivity index (χ4v) is 5.13. The summed E-state index contributed by atoms with van der Waals surface area (Å²) < 4.78 is 12.1. The minimum Gasteiger partial charge on any atom is -0.493 e. The Kier molecular flexibility index (Phi) is 6.00.